The highest BCUT2D eigenvalue weighted by Crippen LogP contribution is 2.31. The summed E-state index contributed by atoms with van der Waals surface area (Å²) >= 11 is 2.75. The van der Waals surface area contributed by atoms with Crippen molar-refractivity contribution in [2.24, 2.45) is 0 Å². The quantitative estimate of drug-likeness (QED) is 0.417. The Labute approximate surface area is 167 Å². The summed E-state index contributed by atoms with van der Waals surface area (Å²) in [5.74, 6) is 0.314. The molecule has 0 saturated heterocycles. The fraction of sp³-hybridized carbons (Fsp3) is 0.167. The second-order valence-electron chi connectivity index (χ2n) is 5.63. The molecule has 1 heterocycles. The number of aromatic nitrogens is 2. The third-order valence-corrected chi connectivity index (χ3v) is 5.54. The Morgan fingerprint density at radius 2 is 1.86 bits per heavy atom. The number of hydrogen-bond donors (Lipinski definition) is 2. The lowest BCUT2D eigenvalue weighted by molar-refractivity contribution is -0.137. The van der Waals surface area contributed by atoms with E-state index in [4.69, 9.17) is 0 Å². The number of anilines is 2. The number of amides is 1. The van der Waals surface area contributed by atoms with Crippen molar-refractivity contribution in [1.82, 2.24) is 10.2 Å². The zero-order valence-corrected chi connectivity index (χ0v) is 16.0. The summed E-state index contributed by atoms with van der Waals surface area (Å²) in [6.45, 7) is -0.187. The standard InChI is InChI=1S/C18H15F3N4OS2/c19-18(20,21)13-7-4-8-14(9-13)22-10-15(26)23-16-24-25-17(28-16)27-11-12-5-2-1-3-6-12/h1-9,22H,10-11H2,(H,23,24,26). The molecule has 0 atom stereocenters. The fourth-order valence-electron chi connectivity index (χ4n) is 2.19. The number of carbonyl (C=O) groups is 1. The number of carbonyl (C=O) groups excluding carboxylic acids is 1. The van der Waals surface area contributed by atoms with Crippen LogP contribution in [0.5, 0.6) is 0 Å². The van der Waals surface area contributed by atoms with Gasteiger partial charge < -0.3 is 5.32 Å². The Bertz CT molecular complexity index is 932. The van der Waals surface area contributed by atoms with Gasteiger partial charge in [-0.2, -0.15) is 13.2 Å². The lowest BCUT2D eigenvalue weighted by Gasteiger charge is -2.10. The maximum absolute atomic E-state index is 12.7. The van der Waals surface area contributed by atoms with Gasteiger partial charge in [-0.05, 0) is 23.8 Å². The molecule has 10 heteroatoms. The first kappa shape index (κ1) is 20.2. The van der Waals surface area contributed by atoms with Crippen LogP contribution >= 0.6 is 23.1 Å². The molecule has 0 unspecified atom stereocenters. The molecule has 0 spiro atoms. The molecular weight excluding hydrogens is 409 g/mol. The molecule has 1 aromatic heterocycles. The molecule has 5 nitrogen and oxygen atoms in total. The van der Waals surface area contributed by atoms with Gasteiger partial charge in [0.15, 0.2) is 4.34 Å². The second-order valence-corrected chi connectivity index (χ2v) is 7.83. The van der Waals surface area contributed by atoms with Gasteiger partial charge in [0.05, 0.1) is 12.1 Å². The molecule has 0 aliphatic carbocycles. The lowest BCUT2D eigenvalue weighted by atomic mass is 10.2. The van der Waals surface area contributed by atoms with Crippen molar-refractivity contribution in [3.8, 4) is 0 Å². The van der Waals surface area contributed by atoms with Gasteiger partial charge in [-0.15, -0.1) is 10.2 Å². The molecule has 0 aliphatic heterocycles. The molecule has 2 N–H and O–H groups in total. The van der Waals surface area contributed by atoms with Gasteiger partial charge >= 0.3 is 6.18 Å². The van der Waals surface area contributed by atoms with E-state index in [-0.39, 0.29) is 12.2 Å². The van der Waals surface area contributed by atoms with Crippen molar-refractivity contribution in [3.63, 3.8) is 0 Å². The number of rotatable bonds is 7. The molecule has 146 valence electrons. The number of halogens is 3. The van der Waals surface area contributed by atoms with Crippen molar-refractivity contribution in [2.45, 2.75) is 16.3 Å². The summed E-state index contributed by atoms with van der Waals surface area (Å²) in [7, 11) is 0. The second kappa shape index (κ2) is 9.07. The van der Waals surface area contributed by atoms with Crippen molar-refractivity contribution in [2.75, 3.05) is 17.2 Å². The number of hydrogen-bond acceptors (Lipinski definition) is 6. The minimum Gasteiger partial charge on any atom is -0.376 e. The highest BCUT2D eigenvalue weighted by Gasteiger charge is 2.30. The van der Waals surface area contributed by atoms with Crippen molar-refractivity contribution in [3.05, 3.63) is 65.7 Å². The van der Waals surface area contributed by atoms with Crippen molar-refractivity contribution in [1.29, 1.82) is 0 Å². The Morgan fingerprint density at radius 1 is 1.07 bits per heavy atom. The van der Waals surface area contributed by atoms with E-state index in [0.717, 1.165) is 23.4 Å². The van der Waals surface area contributed by atoms with E-state index >= 15 is 0 Å². The molecule has 0 aliphatic rings. The summed E-state index contributed by atoms with van der Waals surface area (Å²) in [5.41, 5.74) is 0.585. The molecule has 2 aromatic carbocycles. The first-order valence-corrected chi connectivity index (χ1v) is 9.91. The maximum Gasteiger partial charge on any atom is 0.416 e. The van der Waals surface area contributed by atoms with Crippen LogP contribution in [-0.2, 0) is 16.7 Å². The van der Waals surface area contributed by atoms with Crippen LogP contribution in [-0.4, -0.2) is 22.6 Å². The third-order valence-electron chi connectivity index (χ3n) is 3.50. The predicted octanol–water partition coefficient (Wildman–Crippen LogP) is 4.90. The van der Waals surface area contributed by atoms with E-state index in [0.29, 0.717) is 9.47 Å². The zero-order valence-electron chi connectivity index (χ0n) is 14.4. The molecule has 0 fully saturated rings. The normalized spacial score (nSPS) is 11.2. The molecule has 0 bridgehead atoms. The third kappa shape index (κ3) is 5.96. The number of thioether (sulfide) groups is 1. The summed E-state index contributed by atoms with van der Waals surface area (Å²) in [6.07, 6.45) is -4.43. The highest BCUT2D eigenvalue weighted by atomic mass is 32.2. The molecule has 0 saturated carbocycles. The Morgan fingerprint density at radius 3 is 2.61 bits per heavy atom. The zero-order chi connectivity index (χ0) is 20.0. The van der Waals surface area contributed by atoms with Crippen LogP contribution in [0.15, 0.2) is 58.9 Å². The largest absolute Gasteiger partial charge is 0.416 e. The van der Waals surface area contributed by atoms with Gasteiger partial charge in [-0.3, -0.25) is 10.1 Å². The first-order valence-electron chi connectivity index (χ1n) is 8.11. The van der Waals surface area contributed by atoms with Gasteiger partial charge in [0, 0.05) is 11.4 Å². The molecule has 3 aromatic rings. The van der Waals surface area contributed by atoms with E-state index < -0.39 is 17.6 Å². The topological polar surface area (TPSA) is 66.9 Å². The lowest BCUT2D eigenvalue weighted by Crippen LogP contribution is -2.21. The number of benzene rings is 2. The van der Waals surface area contributed by atoms with Crippen LogP contribution in [0, 0.1) is 0 Å². The summed E-state index contributed by atoms with van der Waals surface area (Å²) in [6, 6.07) is 14.6. The van der Waals surface area contributed by atoms with E-state index in [2.05, 4.69) is 20.8 Å². The Kier molecular flexibility index (Phi) is 6.53. The Hall–Kier alpha value is -2.59. The fourth-order valence-corrected chi connectivity index (χ4v) is 3.91. The van der Waals surface area contributed by atoms with Crippen LogP contribution in [0.4, 0.5) is 24.0 Å². The van der Waals surface area contributed by atoms with E-state index in [9.17, 15) is 18.0 Å². The van der Waals surface area contributed by atoms with Crippen molar-refractivity contribution >= 4 is 39.8 Å². The van der Waals surface area contributed by atoms with Crippen LogP contribution in [0.2, 0.25) is 0 Å². The average molecular weight is 424 g/mol. The number of alkyl halides is 3. The molecular formula is C18H15F3N4OS2. The van der Waals surface area contributed by atoms with E-state index in [1.54, 1.807) is 0 Å². The number of nitrogens with one attached hydrogen (secondary N) is 2. The van der Waals surface area contributed by atoms with Crippen molar-refractivity contribution < 1.29 is 18.0 Å². The van der Waals surface area contributed by atoms with E-state index in [1.807, 2.05) is 30.3 Å². The van der Waals surface area contributed by atoms with Crippen LogP contribution in [0.3, 0.4) is 0 Å². The molecule has 3 rings (SSSR count). The minimum atomic E-state index is -4.43. The molecule has 0 radical (unpaired) electrons. The Balaban J connectivity index is 1.48. The highest BCUT2D eigenvalue weighted by molar-refractivity contribution is 8.00. The smallest absolute Gasteiger partial charge is 0.376 e. The van der Waals surface area contributed by atoms with Gasteiger partial charge in [-0.1, -0.05) is 59.5 Å². The van der Waals surface area contributed by atoms with Crippen LogP contribution in [0.25, 0.3) is 0 Å². The predicted molar refractivity (Wildman–Crippen MR) is 104 cm³/mol. The molecule has 1 amide bonds. The van der Waals surface area contributed by atoms with Gasteiger partial charge in [0.2, 0.25) is 11.0 Å². The SMILES string of the molecule is O=C(CNc1cccc(C(F)(F)F)c1)Nc1nnc(SCc2ccccc2)s1. The minimum absolute atomic E-state index is 0.187. The van der Waals surface area contributed by atoms with E-state index in [1.165, 1.54) is 35.2 Å². The van der Waals surface area contributed by atoms with Gasteiger partial charge in [-0.25, -0.2) is 0 Å². The average Bonchev–Trinajstić information content (AvgIpc) is 3.12. The first-order chi connectivity index (χ1) is 13.4. The summed E-state index contributed by atoms with van der Waals surface area (Å²) in [4.78, 5) is 12.0. The monoisotopic (exact) mass is 424 g/mol. The van der Waals surface area contributed by atoms with Crippen LogP contribution in [0.1, 0.15) is 11.1 Å². The van der Waals surface area contributed by atoms with Crippen LogP contribution < -0.4 is 10.6 Å². The number of nitrogens with zero attached hydrogens (tertiary/aromatic N) is 2. The maximum atomic E-state index is 12.7. The van der Waals surface area contributed by atoms with Gasteiger partial charge in [0.1, 0.15) is 0 Å². The van der Waals surface area contributed by atoms with Gasteiger partial charge in [0.25, 0.3) is 0 Å². The molecule has 28 heavy (non-hydrogen) atoms. The summed E-state index contributed by atoms with van der Waals surface area (Å²) < 4.78 is 38.8. The summed E-state index contributed by atoms with van der Waals surface area (Å²) in [5, 5.41) is 13.5.